The van der Waals surface area contributed by atoms with Crippen LogP contribution in [0.4, 0.5) is 0 Å². The second-order valence-corrected chi connectivity index (χ2v) is 17.8. The van der Waals surface area contributed by atoms with Crippen LogP contribution in [0.25, 0.3) is 22.3 Å². The standard InChI is InChI=1S/C47H57N11O13S/c1-3-20-68-22-24-70-26-27-71-25-23-69-21-11-39(59)53-37(31-72(64,65)66)46(62)57-18-16-55(17-19-57)15-12-49-45(61)43-52-32-58(54-43)44-41-40(38(67-2)30-51-44)36(29-50-41)42(60)47(63)56-13-9-34(10-14-56)35(28-48)33-7-5-4-6-8-33/h1,4-8,29-30,32,37,50H,9-27,31H2,2H3,(H,49,61)(H,53,59)(H,64,65,66)/t37-/m0/s1. The van der Waals surface area contributed by atoms with Gasteiger partial charge in [0.25, 0.3) is 27.7 Å². The maximum Gasteiger partial charge on any atom is 0.295 e. The number of aromatic nitrogens is 5. The lowest BCUT2D eigenvalue weighted by atomic mass is 9.93. The maximum atomic E-state index is 13.8. The normalized spacial score (nSPS) is 14.6. The number of carbonyl (C=O) groups excluding carboxylic acids is 5. The van der Waals surface area contributed by atoms with E-state index in [9.17, 15) is 42.2 Å². The van der Waals surface area contributed by atoms with Crippen LogP contribution in [0, 0.1) is 23.7 Å². The van der Waals surface area contributed by atoms with Gasteiger partial charge in [-0.15, -0.1) is 11.5 Å². The minimum Gasteiger partial charge on any atom is -0.494 e. The second kappa shape index (κ2) is 26.9. The summed E-state index contributed by atoms with van der Waals surface area (Å²) in [5.41, 5.74) is 2.66. The first kappa shape index (κ1) is 54.2. The summed E-state index contributed by atoms with van der Waals surface area (Å²) in [5, 5.41) is 19.6. The first-order chi connectivity index (χ1) is 34.8. The number of nitrogens with one attached hydrogen (secondary N) is 3. The van der Waals surface area contributed by atoms with E-state index in [2.05, 4.69) is 42.7 Å². The van der Waals surface area contributed by atoms with Crippen molar-refractivity contribution in [3.05, 3.63) is 71.6 Å². The van der Waals surface area contributed by atoms with Crippen LogP contribution in [0.5, 0.6) is 5.75 Å². The molecule has 5 heterocycles. The van der Waals surface area contributed by atoms with Gasteiger partial charge in [-0.3, -0.25) is 33.4 Å². The topological polar surface area (TPSA) is 303 Å². The summed E-state index contributed by atoms with van der Waals surface area (Å²) in [6.07, 6.45) is 9.86. The highest BCUT2D eigenvalue weighted by molar-refractivity contribution is 7.85. The maximum absolute atomic E-state index is 13.8. The fourth-order valence-electron chi connectivity index (χ4n) is 7.95. The van der Waals surface area contributed by atoms with Crippen molar-refractivity contribution in [3.8, 4) is 30.0 Å². The highest BCUT2D eigenvalue weighted by Crippen LogP contribution is 2.33. The molecule has 0 spiro atoms. The molecule has 6 rings (SSSR count). The highest BCUT2D eigenvalue weighted by atomic mass is 32.2. The Morgan fingerprint density at radius 3 is 2.21 bits per heavy atom. The third-order valence-corrected chi connectivity index (χ3v) is 12.3. The van der Waals surface area contributed by atoms with Crippen molar-refractivity contribution in [2.75, 3.05) is 118 Å². The quantitative estimate of drug-likeness (QED) is 0.0164. The number of nitriles is 1. The average Bonchev–Trinajstić information content (AvgIpc) is 4.07. The summed E-state index contributed by atoms with van der Waals surface area (Å²) < 4.78 is 61.1. The zero-order chi connectivity index (χ0) is 51.5. The molecule has 0 bridgehead atoms. The number of carbonyl (C=O) groups is 5. The number of terminal acetylenes is 1. The van der Waals surface area contributed by atoms with Crippen LogP contribution in [-0.2, 0) is 43.4 Å². The van der Waals surface area contributed by atoms with Crippen molar-refractivity contribution >= 4 is 56.0 Å². The molecule has 1 aromatic carbocycles. The fourth-order valence-corrected chi connectivity index (χ4v) is 8.60. The molecule has 0 aliphatic carbocycles. The van der Waals surface area contributed by atoms with Crippen LogP contribution in [0.3, 0.4) is 0 Å². The lowest BCUT2D eigenvalue weighted by molar-refractivity contribution is -0.137. The highest BCUT2D eigenvalue weighted by Gasteiger charge is 2.33. The summed E-state index contributed by atoms with van der Waals surface area (Å²) in [6, 6.07) is 10.1. The Hall–Kier alpha value is -7.10. The van der Waals surface area contributed by atoms with Crippen molar-refractivity contribution < 1.29 is 60.6 Å². The zero-order valence-electron chi connectivity index (χ0n) is 39.7. The minimum atomic E-state index is -4.64. The molecule has 2 fully saturated rings. The summed E-state index contributed by atoms with van der Waals surface area (Å²) in [5.74, 6) is -1.80. The van der Waals surface area contributed by atoms with Crippen LogP contribution in [0.2, 0.25) is 0 Å². The number of rotatable bonds is 26. The summed E-state index contributed by atoms with van der Waals surface area (Å²) >= 11 is 0. The predicted molar refractivity (Wildman–Crippen MR) is 257 cm³/mol. The second-order valence-electron chi connectivity index (χ2n) is 16.3. The molecule has 1 atom stereocenters. The number of aromatic amines is 1. The summed E-state index contributed by atoms with van der Waals surface area (Å²) in [6.45, 7) is 4.23. The van der Waals surface area contributed by atoms with Gasteiger partial charge in [0.2, 0.25) is 17.6 Å². The van der Waals surface area contributed by atoms with Gasteiger partial charge < -0.3 is 49.1 Å². The zero-order valence-corrected chi connectivity index (χ0v) is 40.6. The Morgan fingerprint density at radius 1 is 0.903 bits per heavy atom. The van der Waals surface area contributed by atoms with E-state index >= 15 is 0 Å². The van der Waals surface area contributed by atoms with Crippen LogP contribution in [0.15, 0.2) is 54.6 Å². The molecule has 2 aliphatic rings. The number of fused-ring (bicyclic) bond motifs is 1. The molecule has 2 aliphatic heterocycles. The molecule has 0 unspecified atom stereocenters. The predicted octanol–water partition coefficient (Wildman–Crippen LogP) is 0.271. The van der Waals surface area contributed by atoms with Gasteiger partial charge in [0, 0.05) is 65.0 Å². The number of methoxy groups -OCH3 is 1. The van der Waals surface area contributed by atoms with Gasteiger partial charge in [0.05, 0.1) is 87.7 Å². The molecule has 72 heavy (non-hydrogen) atoms. The fraction of sp³-hybridized carbons (Fsp3) is 0.468. The van der Waals surface area contributed by atoms with Gasteiger partial charge >= 0.3 is 0 Å². The van der Waals surface area contributed by atoms with Crippen molar-refractivity contribution in [2.24, 2.45) is 0 Å². The molecule has 4 amide bonds. The van der Waals surface area contributed by atoms with Gasteiger partial charge in [0.1, 0.15) is 30.5 Å². The Labute approximate surface area is 415 Å². The number of pyridine rings is 1. The number of likely N-dealkylation sites (tertiary alicyclic amines) is 1. The van der Waals surface area contributed by atoms with Crippen LogP contribution in [-0.4, -0.2) is 206 Å². The van der Waals surface area contributed by atoms with Crippen molar-refractivity contribution in [3.63, 3.8) is 0 Å². The number of ketones is 1. The van der Waals surface area contributed by atoms with Crippen LogP contribution < -0.4 is 15.4 Å². The molecule has 4 aromatic rings. The monoisotopic (exact) mass is 1020 g/mol. The summed E-state index contributed by atoms with van der Waals surface area (Å²) in [7, 11) is -3.24. The number of piperidine rings is 1. The van der Waals surface area contributed by atoms with E-state index in [0.717, 1.165) is 11.1 Å². The molecular weight excluding hydrogens is 959 g/mol. The first-order valence-corrected chi connectivity index (χ1v) is 24.7. The molecule has 0 saturated carbocycles. The molecule has 4 N–H and O–H groups in total. The molecule has 0 radical (unpaired) electrons. The van der Waals surface area contributed by atoms with E-state index in [1.54, 1.807) is 0 Å². The van der Waals surface area contributed by atoms with Crippen molar-refractivity contribution in [1.29, 1.82) is 5.26 Å². The molecule has 24 nitrogen and oxygen atoms in total. The number of ether oxygens (including phenoxy) is 5. The molecule has 2 saturated heterocycles. The Kier molecular flexibility index (Phi) is 20.3. The Morgan fingerprint density at radius 2 is 1.57 bits per heavy atom. The average molecular weight is 1020 g/mol. The smallest absolute Gasteiger partial charge is 0.295 e. The number of amides is 4. The van der Waals surface area contributed by atoms with Gasteiger partial charge in [-0.05, 0) is 24.0 Å². The number of H-pyrrole nitrogens is 1. The Bertz CT molecular complexity index is 2750. The molecular formula is C47H57N11O13S. The van der Waals surface area contributed by atoms with E-state index < -0.39 is 51.3 Å². The van der Waals surface area contributed by atoms with E-state index in [1.165, 1.54) is 40.3 Å². The lowest BCUT2D eigenvalue weighted by Crippen LogP contribution is -2.57. The minimum absolute atomic E-state index is 0.0213. The number of Topliss-reactive ketones (excluding diaryl/α,β-unsaturated/α-hetero) is 1. The number of piperazine rings is 1. The Balaban J connectivity index is 0.942. The van der Waals surface area contributed by atoms with Gasteiger partial charge in [-0.1, -0.05) is 36.3 Å². The number of nitrogens with zero attached hydrogens (tertiary/aromatic N) is 8. The molecule has 384 valence electrons. The third kappa shape index (κ3) is 15.2. The number of hydrogen-bond donors (Lipinski definition) is 4. The van der Waals surface area contributed by atoms with Crippen molar-refractivity contribution in [1.82, 2.24) is 50.1 Å². The largest absolute Gasteiger partial charge is 0.494 e. The number of hydrogen-bond acceptors (Lipinski definition) is 17. The van der Waals surface area contributed by atoms with E-state index in [1.807, 2.05) is 35.2 Å². The van der Waals surface area contributed by atoms with Gasteiger partial charge in [0.15, 0.2) is 5.82 Å². The molecule has 3 aromatic heterocycles. The van der Waals surface area contributed by atoms with Gasteiger partial charge in [-0.2, -0.15) is 18.4 Å². The summed E-state index contributed by atoms with van der Waals surface area (Å²) in [4.78, 5) is 83.0. The van der Waals surface area contributed by atoms with Crippen molar-refractivity contribution in [2.45, 2.75) is 25.3 Å². The number of benzene rings is 1. The van der Waals surface area contributed by atoms with E-state index in [0.29, 0.717) is 70.0 Å². The van der Waals surface area contributed by atoms with E-state index in [-0.39, 0.29) is 93.9 Å². The van der Waals surface area contributed by atoms with Crippen LogP contribution >= 0.6 is 0 Å². The molecule has 25 heteroatoms. The first-order valence-electron chi connectivity index (χ1n) is 23.1. The number of allylic oxidation sites excluding steroid dienone is 1. The lowest BCUT2D eigenvalue weighted by Gasteiger charge is -2.36. The van der Waals surface area contributed by atoms with Crippen LogP contribution in [0.1, 0.15) is 45.8 Å². The van der Waals surface area contributed by atoms with E-state index in [4.69, 9.17) is 30.1 Å². The van der Waals surface area contributed by atoms with Gasteiger partial charge in [-0.25, -0.2) is 9.97 Å². The SMILES string of the molecule is C#CCOCCOCCOCCOCCC(=O)N[C@@H](CS(=O)(=O)O)C(=O)N1CCN(CCNC(=O)c2ncn(-c3ncc(OC)c4c(C(=O)C(=O)N5CCC(=C(C#N)c6ccccc6)CC5)c[nH]c34)n2)CC1. The third-order valence-electron chi connectivity index (χ3n) is 11.6.